The van der Waals surface area contributed by atoms with Crippen molar-refractivity contribution in [2.45, 2.75) is 44.9 Å². The average Bonchev–Trinajstić information content (AvgIpc) is 3.38. The molecule has 1 aromatic carbocycles. The van der Waals surface area contributed by atoms with Crippen molar-refractivity contribution < 1.29 is 32.2 Å². The van der Waals surface area contributed by atoms with Crippen LogP contribution in [0.1, 0.15) is 30.9 Å². The number of benzene rings is 1. The fourth-order valence-electron chi connectivity index (χ4n) is 5.99. The highest BCUT2D eigenvalue weighted by Crippen LogP contribution is 2.44. The molecule has 5 rings (SSSR count). The number of anilines is 2. The van der Waals surface area contributed by atoms with Gasteiger partial charge in [0.2, 0.25) is 5.91 Å². The van der Waals surface area contributed by atoms with Crippen LogP contribution < -0.4 is 15.4 Å². The number of hydrogen-bond donors (Lipinski definition) is 2. The Balaban J connectivity index is 1.64. The Bertz CT molecular complexity index is 1640. The zero-order chi connectivity index (χ0) is 32.6. The number of nitrogens with zero attached hydrogens (tertiary/aromatic N) is 6. The van der Waals surface area contributed by atoms with Crippen molar-refractivity contribution in [2.24, 2.45) is 0 Å². The molecule has 2 aromatic heterocycles. The molecular formula is C30H34ClF4N7O3. The number of carbonyl (C=O) groups is 1. The van der Waals surface area contributed by atoms with Crippen LogP contribution in [0, 0.1) is 12.7 Å². The molecule has 0 radical (unpaired) electrons. The topological polar surface area (TPSA) is 121 Å². The first-order valence-corrected chi connectivity index (χ1v) is 14.9. The van der Waals surface area contributed by atoms with Crippen molar-refractivity contribution in [1.29, 1.82) is 0 Å². The van der Waals surface area contributed by atoms with E-state index >= 15 is 4.39 Å². The Hall–Kier alpha value is -3.75. The summed E-state index contributed by atoms with van der Waals surface area (Å²) in [5.74, 6) is -1.35. The van der Waals surface area contributed by atoms with Gasteiger partial charge in [-0.05, 0) is 58.0 Å². The van der Waals surface area contributed by atoms with Crippen molar-refractivity contribution in [1.82, 2.24) is 24.8 Å². The smallest absolute Gasteiger partial charge is 0.418 e. The number of piperazine rings is 1. The van der Waals surface area contributed by atoms with Crippen LogP contribution in [0.2, 0.25) is 5.02 Å². The molecule has 4 heterocycles. The molecule has 1 amide bonds. The lowest BCUT2D eigenvalue weighted by atomic mass is 9.99. The van der Waals surface area contributed by atoms with Crippen molar-refractivity contribution in [2.75, 3.05) is 57.1 Å². The third-order valence-corrected chi connectivity index (χ3v) is 8.55. The van der Waals surface area contributed by atoms with Gasteiger partial charge >= 0.3 is 12.2 Å². The molecule has 15 heteroatoms. The van der Waals surface area contributed by atoms with Crippen LogP contribution in [0.4, 0.5) is 29.2 Å². The van der Waals surface area contributed by atoms with Gasteiger partial charge in [-0.1, -0.05) is 17.7 Å². The Labute approximate surface area is 262 Å². The minimum absolute atomic E-state index is 0.0904. The minimum Gasteiger partial charge on any atom is -0.462 e. The number of aliphatic hydroxyl groups is 1. The van der Waals surface area contributed by atoms with E-state index in [0.29, 0.717) is 19.6 Å². The number of alkyl halides is 3. The first kappa shape index (κ1) is 32.6. The monoisotopic (exact) mass is 651 g/mol. The maximum Gasteiger partial charge on any atom is 0.418 e. The standard InChI is InChI=1S/C30H34ClF4N7O3/c1-16-12-21(36)37-27(24(16)30(33,34)35)23-20(31)13-19-26(25(23)32)38-29(45-15-18-6-4-8-40(18)3)39-28(19)42-10-9-41(14-17(42)2)22(44)7-5-11-43/h5,7,12-13,17-18,43H,4,6,8-11,14-15H2,1-3H3,(H2,36,37)/b7-5+/t17-,18-/m0/s1. The molecule has 3 N–H and O–H groups in total. The molecule has 2 aliphatic heterocycles. The summed E-state index contributed by atoms with van der Waals surface area (Å²) in [6.07, 6.45) is -0.336. The molecule has 0 spiro atoms. The van der Waals surface area contributed by atoms with Crippen LogP contribution in [0.25, 0.3) is 22.2 Å². The lowest BCUT2D eigenvalue weighted by molar-refractivity contribution is -0.137. The number of fused-ring (bicyclic) bond motifs is 1. The first-order chi connectivity index (χ1) is 21.3. The number of aliphatic hydroxyl groups excluding tert-OH is 1. The summed E-state index contributed by atoms with van der Waals surface area (Å²) in [7, 11) is 1.97. The fraction of sp³-hybridized carbons (Fsp3) is 0.467. The Morgan fingerprint density at radius 1 is 1.22 bits per heavy atom. The Kier molecular flexibility index (Phi) is 9.38. The molecule has 0 unspecified atom stereocenters. The van der Waals surface area contributed by atoms with Crippen LogP contribution >= 0.6 is 11.6 Å². The number of aryl methyl sites for hydroxylation is 1. The molecule has 10 nitrogen and oxygen atoms in total. The van der Waals surface area contributed by atoms with E-state index in [1.54, 1.807) is 4.90 Å². The van der Waals surface area contributed by atoms with E-state index in [4.69, 9.17) is 27.2 Å². The second kappa shape index (κ2) is 12.9. The lowest BCUT2D eigenvalue weighted by Crippen LogP contribution is -2.53. The zero-order valence-electron chi connectivity index (χ0n) is 25.0. The third kappa shape index (κ3) is 6.63. The maximum atomic E-state index is 16.6. The molecule has 0 saturated carbocycles. The van der Waals surface area contributed by atoms with Gasteiger partial charge in [-0.25, -0.2) is 9.37 Å². The highest BCUT2D eigenvalue weighted by atomic mass is 35.5. The summed E-state index contributed by atoms with van der Waals surface area (Å²) >= 11 is 6.55. The Morgan fingerprint density at radius 2 is 1.98 bits per heavy atom. The van der Waals surface area contributed by atoms with Crippen LogP contribution in [0.15, 0.2) is 24.3 Å². The summed E-state index contributed by atoms with van der Waals surface area (Å²) in [6, 6.07) is 2.03. The highest BCUT2D eigenvalue weighted by molar-refractivity contribution is 6.34. The molecular weight excluding hydrogens is 618 g/mol. The van der Waals surface area contributed by atoms with Crippen molar-refractivity contribution in [3.8, 4) is 17.3 Å². The molecule has 242 valence electrons. The number of aromatic nitrogens is 3. The summed E-state index contributed by atoms with van der Waals surface area (Å²) in [4.78, 5) is 31.0. The van der Waals surface area contributed by atoms with Gasteiger partial charge in [0.05, 0.1) is 28.5 Å². The van der Waals surface area contributed by atoms with Gasteiger partial charge < -0.3 is 30.3 Å². The van der Waals surface area contributed by atoms with Gasteiger partial charge in [0.1, 0.15) is 23.8 Å². The van der Waals surface area contributed by atoms with E-state index < -0.39 is 28.8 Å². The fourth-order valence-corrected chi connectivity index (χ4v) is 6.27. The number of ether oxygens (including phenoxy) is 1. The number of nitrogen functional groups attached to an aromatic ring is 1. The summed E-state index contributed by atoms with van der Waals surface area (Å²) < 4.78 is 65.2. The average molecular weight is 652 g/mol. The summed E-state index contributed by atoms with van der Waals surface area (Å²) in [5, 5.41) is 8.86. The number of halogens is 5. The van der Waals surface area contributed by atoms with Crippen LogP contribution in [-0.4, -0.2) is 94.3 Å². The summed E-state index contributed by atoms with van der Waals surface area (Å²) in [6.45, 7) is 4.82. The molecule has 2 atom stereocenters. The van der Waals surface area contributed by atoms with Gasteiger partial charge in [-0.15, -0.1) is 0 Å². The molecule has 3 aromatic rings. The predicted molar refractivity (Wildman–Crippen MR) is 163 cm³/mol. The molecule has 0 aliphatic carbocycles. The van der Waals surface area contributed by atoms with E-state index in [2.05, 4.69) is 19.9 Å². The molecule has 0 bridgehead atoms. The van der Waals surface area contributed by atoms with Gasteiger partial charge in [0.15, 0.2) is 5.82 Å². The van der Waals surface area contributed by atoms with Crippen LogP contribution in [-0.2, 0) is 11.0 Å². The van der Waals surface area contributed by atoms with Gasteiger partial charge in [0.25, 0.3) is 0 Å². The second-order valence-corrected chi connectivity index (χ2v) is 11.8. The van der Waals surface area contributed by atoms with Gasteiger partial charge in [0, 0.05) is 43.2 Å². The normalized spacial score (nSPS) is 19.7. The van der Waals surface area contributed by atoms with Crippen LogP contribution in [0.5, 0.6) is 6.01 Å². The number of nitrogens with two attached hydrogens (primary N) is 1. The van der Waals surface area contributed by atoms with Crippen LogP contribution in [0.3, 0.4) is 0 Å². The van der Waals surface area contributed by atoms with E-state index in [-0.39, 0.29) is 70.3 Å². The quantitative estimate of drug-likeness (QED) is 0.282. The number of likely N-dealkylation sites (tertiary alicyclic amines) is 1. The highest BCUT2D eigenvalue weighted by Gasteiger charge is 2.39. The number of likely N-dealkylation sites (N-methyl/N-ethyl adjacent to an activating group) is 1. The van der Waals surface area contributed by atoms with E-state index in [9.17, 15) is 18.0 Å². The molecule has 2 saturated heterocycles. The molecule has 2 aliphatic rings. The van der Waals surface area contributed by atoms with E-state index in [0.717, 1.165) is 25.5 Å². The minimum atomic E-state index is -4.87. The molecule has 45 heavy (non-hydrogen) atoms. The first-order valence-electron chi connectivity index (χ1n) is 14.5. The van der Waals surface area contributed by atoms with Crippen molar-refractivity contribution in [3.63, 3.8) is 0 Å². The number of hydrogen-bond acceptors (Lipinski definition) is 9. The number of pyridine rings is 1. The van der Waals surface area contributed by atoms with E-state index in [1.807, 2.05) is 18.9 Å². The van der Waals surface area contributed by atoms with Crippen molar-refractivity contribution >= 4 is 40.0 Å². The number of carbonyl (C=O) groups excluding carboxylic acids is 1. The second-order valence-electron chi connectivity index (χ2n) is 11.4. The zero-order valence-corrected chi connectivity index (χ0v) is 25.8. The van der Waals surface area contributed by atoms with Crippen molar-refractivity contribution in [3.05, 3.63) is 46.3 Å². The number of rotatable bonds is 7. The predicted octanol–water partition coefficient (Wildman–Crippen LogP) is 4.45. The largest absolute Gasteiger partial charge is 0.462 e. The molecule has 2 fully saturated rings. The number of amides is 1. The van der Waals surface area contributed by atoms with Gasteiger partial charge in [-0.2, -0.15) is 23.1 Å². The Morgan fingerprint density at radius 3 is 2.62 bits per heavy atom. The lowest BCUT2D eigenvalue weighted by Gasteiger charge is -2.40. The van der Waals surface area contributed by atoms with E-state index in [1.165, 1.54) is 25.1 Å². The third-order valence-electron chi connectivity index (χ3n) is 8.25. The maximum absolute atomic E-state index is 16.6. The van der Waals surface area contributed by atoms with Gasteiger partial charge in [-0.3, -0.25) is 4.79 Å². The SMILES string of the molecule is Cc1cc(N)nc(-c2c(Cl)cc3c(N4CCN(C(=O)/C=C/CO)C[C@@H]4C)nc(OC[C@@H]4CCCN4C)nc3c2F)c1C(F)(F)F. The summed E-state index contributed by atoms with van der Waals surface area (Å²) in [5.41, 5.74) is 2.80.